The minimum atomic E-state index is -0.606. The highest BCUT2D eigenvalue weighted by Gasteiger charge is 2.21. The molecule has 0 aliphatic rings. The van der Waals surface area contributed by atoms with Crippen LogP contribution in [0.3, 0.4) is 0 Å². The van der Waals surface area contributed by atoms with Gasteiger partial charge in [0.1, 0.15) is 17.2 Å². The summed E-state index contributed by atoms with van der Waals surface area (Å²) in [5.74, 6) is -0.267. The summed E-state index contributed by atoms with van der Waals surface area (Å²) in [7, 11) is 0. The SMILES string of the molecule is CC(C)C(=O)CCC(NC(=O)OC(C)(C)C)c1ccc(F)cc1. The molecular weight excluding hydrogens is 297 g/mol. The van der Waals surface area contributed by atoms with Crippen LogP contribution < -0.4 is 5.32 Å². The molecule has 0 radical (unpaired) electrons. The van der Waals surface area contributed by atoms with Crippen molar-refractivity contribution in [3.63, 3.8) is 0 Å². The summed E-state index contributed by atoms with van der Waals surface area (Å²) in [6.07, 6.45) is 0.237. The Bertz CT molecular complexity index is 532. The van der Waals surface area contributed by atoms with Gasteiger partial charge in [0, 0.05) is 12.3 Å². The molecule has 5 heteroatoms. The Labute approximate surface area is 137 Å². The quantitative estimate of drug-likeness (QED) is 0.844. The van der Waals surface area contributed by atoms with Crippen LogP contribution in [0.2, 0.25) is 0 Å². The molecule has 1 aromatic carbocycles. The van der Waals surface area contributed by atoms with E-state index < -0.39 is 17.7 Å². The molecule has 0 aromatic heterocycles. The largest absolute Gasteiger partial charge is 0.444 e. The Kier molecular flexibility index (Phi) is 6.73. The van der Waals surface area contributed by atoms with Crippen molar-refractivity contribution in [3.05, 3.63) is 35.6 Å². The van der Waals surface area contributed by atoms with Gasteiger partial charge in [-0.05, 0) is 44.9 Å². The lowest BCUT2D eigenvalue weighted by Crippen LogP contribution is -2.35. The van der Waals surface area contributed by atoms with Crippen molar-refractivity contribution >= 4 is 11.9 Å². The van der Waals surface area contributed by atoms with Crippen LogP contribution in [0, 0.1) is 11.7 Å². The Balaban J connectivity index is 2.81. The molecule has 1 atom stereocenters. The van der Waals surface area contributed by atoms with Crippen LogP contribution in [-0.4, -0.2) is 17.5 Å². The highest BCUT2D eigenvalue weighted by molar-refractivity contribution is 5.80. The summed E-state index contributed by atoms with van der Waals surface area (Å²) >= 11 is 0. The van der Waals surface area contributed by atoms with E-state index in [0.29, 0.717) is 12.8 Å². The molecule has 1 unspecified atom stereocenters. The number of hydrogen-bond donors (Lipinski definition) is 1. The number of rotatable bonds is 6. The summed E-state index contributed by atoms with van der Waals surface area (Å²) in [4.78, 5) is 23.8. The van der Waals surface area contributed by atoms with E-state index in [9.17, 15) is 14.0 Å². The van der Waals surface area contributed by atoms with Gasteiger partial charge >= 0.3 is 6.09 Å². The second-order valence-corrected chi connectivity index (χ2v) is 6.91. The maximum atomic E-state index is 13.1. The molecule has 1 N–H and O–H groups in total. The number of carbonyl (C=O) groups excluding carboxylic acids is 2. The molecule has 0 aliphatic heterocycles. The number of Topliss-reactive ketones (excluding diaryl/α,β-unsaturated/α-hetero) is 1. The van der Waals surface area contributed by atoms with Crippen LogP contribution >= 0.6 is 0 Å². The van der Waals surface area contributed by atoms with Crippen molar-refractivity contribution in [1.82, 2.24) is 5.32 Å². The maximum absolute atomic E-state index is 13.1. The van der Waals surface area contributed by atoms with Crippen molar-refractivity contribution < 1.29 is 18.7 Å². The fourth-order valence-electron chi connectivity index (χ4n) is 2.04. The fourth-order valence-corrected chi connectivity index (χ4v) is 2.04. The zero-order chi connectivity index (χ0) is 17.6. The van der Waals surface area contributed by atoms with Gasteiger partial charge in [-0.15, -0.1) is 0 Å². The molecular formula is C18H26FNO3. The van der Waals surface area contributed by atoms with E-state index in [1.165, 1.54) is 12.1 Å². The van der Waals surface area contributed by atoms with Gasteiger partial charge in [-0.1, -0.05) is 26.0 Å². The number of halogens is 1. The van der Waals surface area contributed by atoms with Crippen LogP contribution in [0.4, 0.5) is 9.18 Å². The van der Waals surface area contributed by atoms with E-state index in [1.54, 1.807) is 32.9 Å². The molecule has 0 saturated heterocycles. The van der Waals surface area contributed by atoms with Crippen molar-refractivity contribution in [3.8, 4) is 0 Å². The molecule has 1 amide bonds. The van der Waals surface area contributed by atoms with E-state index in [2.05, 4.69) is 5.32 Å². The minimum Gasteiger partial charge on any atom is -0.444 e. The molecule has 0 bridgehead atoms. The monoisotopic (exact) mass is 323 g/mol. The summed E-state index contributed by atoms with van der Waals surface area (Å²) in [5, 5.41) is 2.77. The van der Waals surface area contributed by atoms with Gasteiger partial charge in [0.2, 0.25) is 0 Å². The van der Waals surface area contributed by atoms with Crippen LogP contribution in [0.15, 0.2) is 24.3 Å². The van der Waals surface area contributed by atoms with E-state index in [0.717, 1.165) is 5.56 Å². The standard InChI is InChI=1S/C18H26FNO3/c1-12(2)16(21)11-10-15(13-6-8-14(19)9-7-13)20-17(22)23-18(3,4)5/h6-9,12,15H,10-11H2,1-5H3,(H,20,22). The van der Waals surface area contributed by atoms with Crippen LogP contribution in [0.1, 0.15) is 59.1 Å². The van der Waals surface area contributed by atoms with Crippen LogP contribution in [-0.2, 0) is 9.53 Å². The molecule has 0 aliphatic carbocycles. The Morgan fingerprint density at radius 1 is 1.17 bits per heavy atom. The molecule has 4 nitrogen and oxygen atoms in total. The molecule has 1 aromatic rings. The molecule has 0 fully saturated rings. The average molecular weight is 323 g/mol. The number of carbonyl (C=O) groups is 2. The molecule has 128 valence electrons. The number of alkyl carbamates (subject to hydrolysis) is 1. The van der Waals surface area contributed by atoms with Crippen molar-refractivity contribution in [2.75, 3.05) is 0 Å². The van der Waals surface area contributed by atoms with Gasteiger partial charge in [-0.2, -0.15) is 0 Å². The normalized spacial score (nSPS) is 12.8. The van der Waals surface area contributed by atoms with Gasteiger partial charge in [0.25, 0.3) is 0 Å². The highest BCUT2D eigenvalue weighted by Crippen LogP contribution is 2.21. The van der Waals surface area contributed by atoms with E-state index >= 15 is 0 Å². The van der Waals surface area contributed by atoms with E-state index in [-0.39, 0.29) is 17.5 Å². The summed E-state index contributed by atoms with van der Waals surface area (Å²) < 4.78 is 18.3. The third kappa shape index (κ3) is 7.26. The predicted molar refractivity (Wildman–Crippen MR) is 87.6 cm³/mol. The topological polar surface area (TPSA) is 55.4 Å². The zero-order valence-electron chi connectivity index (χ0n) is 14.5. The number of hydrogen-bond acceptors (Lipinski definition) is 3. The van der Waals surface area contributed by atoms with Crippen molar-refractivity contribution in [2.24, 2.45) is 5.92 Å². The molecule has 0 spiro atoms. The van der Waals surface area contributed by atoms with Crippen molar-refractivity contribution in [2.45, 2.75) is 59.1 Å². The molecule has 0 heterocycles. The number of nitrogens with one attached hydrogen (secondary N) is 1. The van der Waals surface area contributed by atoms with Crippen LogP contribution in [0.25, 0.3) is 0 Å². The summed E-state index contributed by atoms with van der Waals surface area (Å²) in [6.45, 7) is 9.03. The van der Waals surface area contributed by atoms with Crippen molar-refractivity contribution in [1.29, 1.82) is 0 Å². The van der Waals surface area contributed by atoms with Gasteiger partial charge in [0.15, 0.2) is 0 Å². The average Bonchev–Trinajstić information content (AvgIpc) is 2.41. The molecule has 0 saturated carbocycles. The Hall–Kier alpha value is -1.91. The third-order valence-corrected chi connectivity index (χ3v) is 3.29. The Morgan fingerprint density at radius 3 is 2.22 bits per heavy atom. The van der Waals surface area contributed by atoms with Crippen LogP contribution in [0.5, 0.6) is 0 Å². The number of ether oxygens (including phenoxy) is 1. The number of benzene rings is 1. The van der Waals surface area contributed by atoms with E-state index in [1.807, 2.05) is 13.8 Å². The first kappa shape index (κ1) is 19.1. The zero-order valence-corrected chi connectivity index (χ0v) is 14.5. The van der Waals surface area contributed by atoms with Gasteiger partial charge in [0.05, 0.1) is 6.04 Å². The fraction of sp³-hybridized carbons (Fsp3) is 0.556. The van der Waals surface area contributed by atoms with Gasteiger partial charge in [-0.3, -0.25) is 4.79 Å². The highest BCUT2D eigenvalue weighted by atomic mass is 19.1. The second kappa shape index (κ2) is 8.09. The number of ketones is 1. The van der Waals surface area contributed by atoms with Gasteiger partial charge < -0.3 is 10.1 Å². The Morgan fingerprint density at radius 2 is 1.74 bits per heavy atom. The molecule has 1 rings (SSSR count). The van der Waals surface area contributed by atoms with E-state index in [4.69, 9.17) is 4.74 Å². The smallest absolute Gasteiger partial charge is 0.408 e. The predicted octanol–water partition coefficient (Wildman–Crippen LogP) is 4.40. The lowest BCUT2D eigenvalue weighted by atomic mass is 9.97. The number of amides is 1. The van der Waals surface area contributed by atoms with Gasteiger partial charge in [-0.25, -0.2) is 9.18 Å². The molecule has 23 heavy (non-hydrogen) atoms. The lowest BCUT2D eigenvalue weighted by Gasteiger charge is -2.24. The first-order valence-corrected chi connectivity index (χ1v) is 7.86. The lowest BCUT2D eigenvalue weighted by molar-refractivity contribution is -0.122. The summed E-state index contributed by atoms with van der Waals surface area (Å²) in [5.41, 5.74) is 0.138. The second-order valence-electron chi connectivity index (χ2n) is 6.91. The maximum Gasteiger partial charge on any atom is 0.408 e. The minimum absolute atomic E-state index is 0.0506. The summed E-state index contributed by atoms with van der Waals surface area (Å²) in [6, 6.07) is 5.49. The third-order valence-electron chi connectivity index (χ3n) is 3.29. The first-order valence-electron chi connectivity index (χ1n) is 7.86. The first-order chi connectivity index (χ1) is 10.6.